The van der Waals surface area contributed by atoms with E-state index >= 15 is 0 Å². The van der Waals surface area contributed by atoms with Crippen LogP contribution in [0.3, 0.4) is 0 Å². The average molecular weight is 287 g/mol. The van der Waals surface area contributed by atoms with Crippen LogP contribution in [-0.2, 0) is 6.61 Å². The molecular formula is C13H9Cl2FO2. The maximum absolute atomic E-state index is 13.0. The molecule has 0 amide bonds. The molecule has 94 valence electrons. The first-order chi connectivity index (χ1) is 8.58. The summed E-state index contributed by atoms with van der Waals surface area (Å²) in [6.45, 7) is -0.318. The number of hydrogen-bond acceptors (Lipinski definition) is 2. The Kier molecular flexibility index (Phi) is 4.07. The highest BCUT2D eigenvalue weighted by Crippen LogP contribution is 2.30. The minimum atomic E-state index is -0.435. The van der Waals surface area contributed by atoms with Crippen LogP contribution in [0.1, 0.15) is 5.56 Å². The quantitative estimate of drug-likeness (QED) is 0.905. The molecule has 2 rings (SSSR count). The van der Waals surface area contributed by atoms with Crippen LogP contribution in [0.4, 0.5) is 4.39 Å². The van der Waals surface area contributed by atoms with Gasteiger partial charge in [0.1, 0.15) is 17.3 Å². The zero-order chi connectivity index (χ0) is 13.1. The smallest absolute Gasteiger partial charge is 0.133 e. The normalized spacial score (nSPS) is 10.4. The Bertz CT molecular complexity index is 553. The Hall–Kier alpha value is -1.29. The summed E-state index contributed by atoms with van der Waals surface area (Å²) in [5.41, 5.74) is 0.353. The Morgan fingerprint density at radius 3 is 2.33 bits per heavy atom. The minimum Gasteiger partial charge on any atom is -0.457 e. The van der Waals surface area contributed by atoms with Crippen molar-refractivity contribution >= 4 is 23.2 Å². The van der Waals surface area contributed by atoms with Crippen molar-refractivity contribution in [2.45, 2.75) is 6.61 Å². The Morgan fingerprint density at radius 2 is 1.72 bits per heavy atom. The van der Waals surface area contributed by atoms with Crippen LogP contribution in [0.15, 0.2) is 36.4 Å². The molecule has 0 bridgehead atoms. The number of ether oxygens (including phenoxy) is 1. The van der Waals surface area contributed by atoms with E-state index < -0.39 is 5.82 Å². The average Bonchev–Trinajstić information content (AvgIpc) is 2.30. The maximum atomic E-state index is 13.0. The van der Waals surface area contributed by atoms with Crippen LogP contribution in [0.5, 0.6) is 11.5 Å². The molecule has 0 spiro atoms. The molecule has 2 aromatic rings. The van der Waals surface area contributed by atoms with Gasteiger partial charge in [0.25, 0.3) is 0 Å². The molecule has 0 aliphatic rings. The lowest BCUT2D eigenvalue weighted by molar-refractivity contribution is 0.276. The summed E-state index contributed by atoms with van der Waals surface area (Å²) in [6, 6.07) is 8.64. The predicted octanol–water partition coefficient (Wildman–Crippen LogP) is 4.42. The van der Waals surface area contributed by atoms with Gasteiger partial charge in [-0.05, 0) is 36.4 Å². The van der Waals surface area contributed by atoms with E-state index in [1.165, 1.54) is 18.2 Å². The second kappa shape index (κ2) is 5.57. The van der Waals surface area contributed by atoms with Gasteiger partial charge in [-0.3, -0.25) is 0 Å². The highest BCUT2D eigenvalue weighted by Gasteiger charge is 2.07. The van der Waals surface area contributed by atoms with E-state index in [1.54, 1.807) is 18.2 Å². The van der Waals surface area contributed by atoms with Gasteiger partial charge in [0.15, 0.2) is 0 Å². The van der Waals surface area contributed by atoms with Crippen molar-refractivity contribution in [2.75, 3.05) is 0 Å². The summed E-state index contributed by atoms with van der Waals surface area (Å²) >= 11 is 11.7. The second-order valence-electron chi connectivity index (χ2n) is 3.62. The molecule has 2 nitrogen and oxygen atoms in total. The summed E-state index contributed by atoms with van der Waals surface area (Å²) in [5.74, 6) is 0.349. The molecule has 2 aromatic carbocycles. The maximum Gasteiger partial charge on any atom is 0.133 e. The molecule has 0 saturated heterocycles. The number of halogens is 3. The van der Waals surface area contributed by atoms with Gasteiger partial charge < -0.3 is 9.84 Å². The zero-order valence-electron chi connectivity index (χ0n) is 9.16. The molecular weight excluding hydrogens is 278 g/mol. The lowest BCUT2D eigenvalue weighted by atomic mass is 10.2. The number of rotatable bonds is 3. The summed E-state index contributed by atoms with van der Waals surface area (Å²) < 4.78 is 18.5. The van der Waals surface area contributed by atoms with Crippen molar-refractivity contribution in [2.24, 2.45) is 0 Å². The van der Waals surface area contributed by atoms with Crippen LogP contribution in [-0.4, -0.2) is 5.11 Å². The molecule has 0 aromatic heterocycles. The second-order valence-corrected chi connectivity index (χ2v) is 4.49. The van der Waals surface area contributed by atoms with Gasteiger partial charge in [0.2, 0.25) is 0 Å². The Morgan fingerprint density at radius 1 is 1.06 bits per heavy atom. The van der Waals surface area contributed by atoms with Gasteiger partial charge in [0.05, 0.1) is 6.61 Å². The van der Waals surface area contributed by atoms with Crippen molar-refractivity contribution in [3.63, 3.8) is 0 Å². The lowest BCUT2D eigenvalue weighted by Gasteiger charge is -2.10. The van der Waals surface area contributed by atoms with Gasteiger partial charge in [-0.15, -0.1) is 0 Å². The van der Waals surface area contributed by atoms with Crippen molar-refractivity contribution in [3.8, 4) is 11.5 Å². The third kappa shape index (κ3) is 3.13. The number of benzene rings is 2. The highest BCUT2D eigenvalue weighted by atomic mass is 35.5. The fraction of sp³-hybridized carbons (Fsp3) is 0.0769. The SMILES string of the molecule is OCc1cc(F)ccc1Oc1cc(Cl)cc(Cl)c1. The van der Waals surface area contributed by atoms with Crippen LogP contribution in [0.2, 0.25) is 10.0 Å². The van der Waals surface area contributed by atoms with Crippen molar-refractivity contribution in [3.05, 3.63) is 57.8 Å². The van der Waals surface area contributed by atoms with Crippen molar-refractivity contribution in [1.82, 2.24) is 0 Å². The van der Waals surface area contributed by atoms with E-state index in [-0.39, 0.29) is 6.61 Å². The topological polar surface area (TPSA) is 29.5 Å². The largest absolute Gasteiger partial charge is 0.457 e. The fourth-order valence-corrected chi connectivity index (χ4v) is 1.99. The number of aliphatic hydroxyl groups excluding tert-OH is 1. The first-order valence-corrected chi connectivity index (χ1v) is 5.87. The third-order valence-corrected chi connectivity index (χ3v) is 2.69. The van der Waals surface area contributed by atoms with E-state index in [1.807, 2.05) is 0 Å². The van der Waals surface area contributed by atoms with Gasteiger partial charge >= 0.3 is 0 Å². The third-order valence-electron chi connectivity index (χ3n) is 2.26. The van der Waals surface area contributed by atoms with Crippen molar-refractivity contribution < 1.29 is 14.2 Å². The Balaban J connectivity index is 2.33. The molecule has 0 unspecified atom stereocenters. The molecule has 0 radical (unpaired) electrons. The molecule has 18 heavy (non-hydrogen) atoms. The molecule has 0 aliphatic heterocycles. The fourth-order valence-electron chi connectivity index (χ4n) is 1.49. The van der Waals surface area contributed by atoms with Crippen LogP contribution in [0.25, 0.3) is 0 Å². The summed E-state index contributed by atoms with van der Waals surface area (Å²) in [6.07, 6.45) is 0. The van der Waals surface area contributed by atoms with Gasteiger partial charge in [-0.2, -0.15) is 0 Å². The highest BCUT2D eigenvalue weighted by molar-refractivity contribution is 6.34. The molecule has 0 aliphatic carbocycles. The molecule has 1 N–H and O–H groups in total. The van der Waals surface area contributed by atoms with E-state index in [0.717, 1.165) is 0 Å². The molecule has 0 saturated carbocycles. The van der Waals surface area contributed by atoms with E-state index in [9.17, 15) is 4.39 Å². The molecule has 5 heteroatoms. The number of aliphatic hydroxyl groups is 1. The summed E-state index contributed by atoms with van der Waals surface area (Å²) in [4.78, 5) is 0. The van der Waals surface area contributed by atoms with Gasteiger partial charge in [-0.1, -0.05) is 23.2 Å². The first-order valence-electron chi connectivity index (χ1n) is 5.12. The standard InChI is InChI=1S/C13H9Cl2FO2/c14-9-4-10(15)6-12(5-9)18-13-2-1-11(16)3-8(13)7-17/h1-6,17H,7H2. The Labute approximate surface area is 114 Å². The first kappa shape index (κ1) is 13.1. The van der Waals surface area contributed by atoms with Gasteiger partial charge in [0, 0.05) is 15.6 Å². The lowest BCUT2D eigenvalue weighted by Crippen LogP contribution is -1.93. The van der Waals surface area contributed by atoms with Crippen LogP contribution in [0, 0.1) is 5.82 Å². The number of hydrogen-bond donors (Lipinski definition) is 1. The van der Waals surface area contributed by atoms with E-state index in [0.29, 0.717) is 27.1 Å². The molecule has 0 atom stereocenters. The molecule has 0 fully saturated rings. The van der Waals surface area contributed by atoms with Crippen molar-refractivity contribution in [1.29, 1.82) is 0 Å². The predicted molar refractivity (Wildman–Crippen MR) is 68.9 cm³/mol. The summed E-state index contributed by atoms with van der Waals surface area (Å²) in [7, 11) is 0. The molecule has 0 heterocycles. The monoisotopic (exact) mass is 286 g/mol. The van der Waals surface area contributed by atoms with Crippen LogP contribution < -0.4 is 4.74 Å². The van der Waals surface area contributed by atoms with Crippen LogP contribution >= 0.6 is 23.2 Å². The van der Waals surface area contributed by atoms with E-state index in [4.69, 9.17) is 33.0 Å². The van der Waals surface area contributed by atoms with E-state index in [2.05, 4.69) is 0 Å². The minimum absolute atomic E-state index is 0.318. The van der Waals surface area contributed by atoms with Gasteiger partial charge in [-0.25, -0.2) is 4.39 Å². The zero-order valence-corrected chi connectivity index (χ0v) is 10.7. The summed E-state index contributed by atoms with van der Waals surface area (Å²) in [5, 5.41) is 10.0.